The summed E-state index contributed by atoms with van der Waals surface area (Å²) < 4.78 is 14.0. The summed E-state index contributed by atoms with van der Waals surface area (Å²) in [5.41, 5.74) is 4.78. The van der Waals surface area contributed by atoms with Gasteiger partial charge >= 0.3 is 0 Å². The second kappa shape index (κ2) is 5.32. The van der Waals surface area contributed by atoms with Crippen molar-refractivity contribution in [2.24, 2.45) is 0 Å². The number of hydrogen-bond donors (Lipinski definition) is 1. The zero-order valence-electron chi connectivity index (χ0n) is 11.0. The highest BCUT2D eigenvalue weighted by molar-refractivity contribution is 5.68. The van der Waals surface area contributed by atoms with Crippen LogP contribution in [0.1, 0.15) is 16.7 Å². The van der Waals surface area contributed by atoms with Crippen LogP contribution in [0.15, 0.2) is 36.4 Å². The molecule has 2 aromatic carbocycles. The van der Waals surface area contributed by atoms with Crippen LogP contribution in [0.2, 0.25) is 0 Å². The number of aryl methyl sites for hydroxylation is 2. The molecule has 2 heteroatoms. The van der Waals surface area contributed by atoms with Crippen LogP contribution < -0.4 is 5.32 Å². The van der Waals surface area contributed by atoms with Gasteiger partial charge in [-0.15, -0.1) is 0 Å². The van der Waals surface area contributed by atoms with Gasteiger partial charge in [0.1, 0.15) is 5.82 Å². The fraction of sp³-hybridized carbons (Fsp3) is 0.250. The standard InChI is InChI=1S/C16H18FN/c1-11-8-12(2)16(15(17)9-11)14-6-4-13(5-7-14)10-18-3/h4-9,18H,10H2,1-3H3. The maximum Gasteiger partial charge on any atom is 0.131 e. The second-order valence-electron chi connectivity index (χ2n) is 4.67. The molecule has 0 saturated heterocycles. The molecule has 0 unspecified atom stereocenters. The summed E-state index contributed by atoms with van der Waals surface area (Å²) in [6.45, 7) is 4.69. The average Bonchev–Trinajstić information content (AvgIpc) is 2.30. The van der Waals surface area contributed by atoms with Crippen molar-refractivity contribution in [2.75, 3.05) is 7.05 Å². The highest BCUT2D eigenvalue weighted by atomic mass is 19.1. The van der Waals surface area contributed by atoms with Gasteiger partial charge in [0.25, 0.3) is 0 Å². The molecular formula is C16H18FN. The van der Waals surface area contributed by atoms with Crippen LogP contribution in [-0.2, 0) is 6.54 Å². The van der Waals surface area contributed by atoms with Crippen molar-refractivity contribution < 1.29 is 4.39 Å². The Kier molecular flexibility index (Phi) is 3.78. The molecule has 0 heterocycles. The predicted molar refractivity (Wildman–Crippen MR) is 74.1 cm³/mol. The number of nitrogens with one attached hydrogen (secondary N) is 1. The Hall–Kier alpha value is -1.67. The number of hydrogen-bond acceptors (Lipinski definition) is 1. The van der Waals surface area contributed by atoms with E-state index in [4.69, 9.17) is 0 Å². The summed E-state index contributed by atoms with van der Waals surface area (Å²) in [6, 6.07) is 11.6. The van der Waals surface area contributed by atoms with E-state index in [1.54, 1.807) is 6.07 Å². The molecule has 0 amide bonds. The molecule has 94 valence electrons. The lowest BCUT2D eigenvalue weighted by molar-refractivity contribution is 0.629. The molecule has 0 fully saturated rings. The molecule has 1 nitrogen and oxygen atoms in total. The maximum absolute atomic E-state index is 14.0. The van der Waals surface area contributed by atoms with Crippen LogP contribution in [0.4, 0.5) is 4.39 Å². The van der Waals surface area contributed by atoms with Crippen molar-refractivity contribution in [3.63, 3.8) is 0 Å². The van der Waals surface area contributed by atoms with Crippen molar-refractivity contribution in [3.05, 3.63) is 58.9 Å². The van der Waals surface area contributed by atoms with Gasteiger partial charge in [0.2, 0.25) is 0 Å². The van der Waals surface area contributed by atoms with E-state index >= 15 is 0 Å². The predicted octanol–water partition coefficient (Wildman–Crippen LogP) is 3.83. The molecule has 0 aliphatic heterocycles. The van der Waals surface area contributed by atoms with E-state index < -0.39 is 0 Å². The SMILES string of the molecule is CNCc1ccc(-c2c(C)cc(C)cc2F)cc1. The zero-order valence-corrected chi connectivity index (χ0v) is 11.0. The molecule has 0 bridgehead atoms. The molecule has 0 radical (unpaired) electrons. The lowest BCUT2D eigenvalue weighted by Gasteiger charge is -2.10. The quantitative estimate of drug-likeness (QED) is 0.864. The van der Waals surface area contributed by atoms with Crippen LogP contribution in [-0.4, -0.2) is 7.05 Å². The average molecular weight is 243 g/mol. The first-order chi connectivity index (χ1) is 8.61. The minimum absolute atomic E-state index is 0.145. The van der Waals surface area contributed by atoms with Gasteiger partial charge in [-0.05, 0) is 49.2 Å². The van der Waals surface area contributed by atoms with Gasteiger partial charge in [0.15, 0.2) is 0 Å². The van der Waals surface area contributed by atoms with E-state index in [0.717, 1.165) is 23.2 Å². The summed E-state index contributed by atoms with van der Waals surface area (Å²) in [7, 11) is 1.91. The highest BCUT2D eigenvalue weighted by Gasteiger charge is 2.09. The molecule has 0 aliphatic carbocycles. The molecule has 0 aliphatic rings. The first-order valence-electron chi connectivity index (χ1n) is 6.12. The molecule has 0 aromatic heterocycles. The number of halogens is 1. The fourth-order valence-electron chi connectivity index (χ4n) is 2.27. The smallest absolute Gasteiger partial charge is 0.131 e. The summed E-state index contributed by atoms with van der Waals surface area (Å²) >= 11 is 0. The fourth-order valence-corrected chi connectivity index (χ4v) is 2.27. The third-order valence-electron chi connectivity index (χ3n) is 3.06. The Morgan fingerprint density at radius 1 is 1.06 bits per heavy atom. The first kappa shape index (κ1) is 12.8. The summed E-state index contributed by atoms with van der Waals surface area (Å²) in [4.78, 5) is 0. The van der Waals surface area contributed by atoms with E-state index in [-0.39, 0.29) is 5.82 Å². The summed E-state index contributed by atoms with van der Waals surface area (Å²) in [5.74, 6) is -0.145. The van der Waals surface area contributed by atoms with Gasteiger partial charge in [-0.1, -0.05) is 30.3 Å². The third-order valence-corrected chi connectivity index (χ3v) is 3.06. The number of rotatable bonds is 3. The molecule has 0 atom stereocenters. The Balaban J connectivity index is 2.42. The topological polar surface area (TPSA) is 12.0 Å². The monoisotopic (exact) mass is 243 g/mol. The van der Waals surface area contributed by atoms with E-state index in [9.17, 15) is 4.39 Å². The molecule has 18 heavy (non-hydrogen) atoms. The van der Waals surface area contributed by atoms with Crippen LogP contribution in [0.5, 0.6) is 0 Å². The van der Waals surface area contributed by atoms with Crippen LogP contribution in [0, 0.1) is 19.7 Å². The van der Waals surface area contributed by atoms with Gasteiger partial charge in [-0.3, -0.25) is 0 Å². The van der Waals surface area contributed by atoms with E-state index in [2.05, 4.69) is 5.32 Å². The second-order valence-corrected chi connectivity index (χ2v) is 4.67. The van der Waals surface area contributed by atoms with Crippen molar-refractivity contribution in [1.82, 2.24) is 5.32 Å². The van der Waals surface area contributed by atoms with Gasteiger partial charge in [-0.2, -0.15) is 0 Å². The van der Waals surface area contributed by atoms with Gasteiger partial charge in [0, 0.05) is 12.1 Å². The molecule has 2 aromatic rings. The zero-order chi connectivity index (χ0) is 13.1. The Labute approximate surface area is 108 Å². The summed E-state index contributed by atoms with van der Waals surface area (Å²) in [5, 5.41) is 3.10. The van der Waals surface area contributed by atoms with Crippen molar-refractivity contribution in [1.29, 1.82) is 0 Å². The third kappa shape index (κ3) is 2.59. The van der Waals surface area contributed by atoms with Crippen molar-refractivity contribution in [3.8, 4) is 11.1 Å². The Morgan fingerprint density at radius 3 is 2.28 bits per heavy atom. The van der Waals surface area contributed by atoms with Gasteiger partial charge in [0.05, 0.1) is 0 Å². The lowest BCUT2D eigenvalue weighted by atomic mass is 9.97. The summed E-state index contributed by atoms with van der Waals surface area (Å²) in [6.07, 6.45) is 0. The van der Waals surface area contributed by atoms with E-state index in [1.165, 1.54) is 5.56 Å². The lowest BCUT2D eigenvalue weighted by Crippen LogP contribution is -2.04. The van der Waals surface area contributed by atoms with Crippen molar-refractivity contribution in [2.45, 2.75) is 20.4 Å². The molecule has 1 N–H and O–H groups in total. The maximum atomic E-state index is 14.0. The van der Waals surface area contributed by atoms with Crippen LogP contribution in [0.25, 0.3) is 11.1 Å². The minimum atomic E-state index is -0.145. The minimum Gasteiger partial charge on any atom is -0.316 e. The van der Waals surface area contributed by atoms with Crippen molar-refractivity contribution >= 4 is 0 Å². The van der Waals surface area contributed by atoms with E-state index in [1.807, 2.05) is 51.2 Å². The first-order valence-corrected chi connectivity index (χ1v) is 6.12. The normalized spacial score (nSPS) is 10.7. The van der Waals surface area contributed by atoms with Gasteiger partial charge in [-0.25, -0.2) is 4.39 Å². The van der Waals surface area contributed by atoms with E-state index in [0.29, 0.717) is 5.56 Å². The Bertz CT molecular complexity index is 521. The molecule has 0 spiro atoms. The molecule has 2 rings (SSSR count). The largest absolute Gasteiger partial charge is 0.316 e. The molecular weight excluding hydrogens is 225 g/mol. The number of benzene rings is 2. The van der Waals surface area contributed by atoms with Crippen LogP contribution in [0.3, 0.4) is 0 Å². The molecule has 0 saturated carbocycles. The Morgan fingerprint density at radius 2 is 1.72 bits per heavy atom. The van der Waals surface area contributed by atoms with Gasteiger partial charge < -0.3 is 5.32 Å². The highest BCUT2D eigenvalue weighted by Crippen LogP contribution is 2.27. The van der Waals surface area contributed by atoms with Crippen LogP contribution >= 0.6 is 0 Å².